The summed E-state index contributed by atoms with van der Waals surface area (Å²) in [7, 11) is 0. The molecule has 0 aromatic heterocycles. The predicted octanol–water partition coefficient (Wildman–Crippen LogP) is 3.30. The van der Waals surface area contributed by atoms with Gasteiger partial charge in [0.2, 0.25) is 0 Å². The van der Waals surface area contributed by atoms with Crippen molar-refractivity contribution in [3.63, 3.8) is 0 Å². The molecule has 0 aliphatic carbocycles. The molecule has 0 saturated carbocycles. The standard InChI is InChI=1S/C15H22ClFN2/c1-2-18-10-12-5-7-19(8-6-12)11-13-9-14(16)3-4-15(13)17/h3-4,9,12,18H,2,5-8,10-11H2,1H3. The summed E-state index contributed by atoms with van der Waals surface area (Å²) in [6.07, 6.45) is 2.38. The highest BCUT2D eigenvalue weighted by molar-refractivity contribution is 6.30. The Kier molecular flexibility index (Phi) is 5.61. The molecule has 1 aromatic rings. The zero-order chi connectivity index (χ0) is 13.7. The van der Waals surface area contributed by atoms with E-state index in [0.29, 0.717) is 17.1 Å². The largest absolute Gasteiger partial charge is 0.317 e. The molecule has 1 aromatic carbocycles. The predicted molar refractivity (Wildman–Crippen MR) is 78.0 cm³/mol. The summed E-state index contributed by atoms with van der Waals surface area (Å²) in [5.74, 6) is 0.611. The van der Waals surface area contributed by atoms with Crippen LogP contribution in [-0.4, -0.2) is 31.1 Å². The molecular formula is C15H22ClFN2. The van der Waals surface area contributed by atoms with Gasteiger partial charge in [-0.05, 0) is 63.1 Å². The number of nitrogens with one attached hydrogen (secondary N) is 1. The van der Waals surface area contributed by atoms with Gasteiger partial charge >= 0.3 is 0 Å². The van der Waals surface area contributed by atoms with Crippen LogP contribution in [0.4, 0.5) is 4.39 Å². The number of nitrogens with zero attached hydrogens (tertiary/aromatic N) is 1. The number of hydrogen-bond donors (Lipinski definition) is 1. The van der Waals surface area contributed by atoms with Crippen molar-refractivity contribution in [2.45, 2.75) is 26.3 Å². The second kappa shape index (κ2) is 7.22. The summed E-state index contributed by atoms with van der Waals surface area (Å²) in [6.45, 7) is 7.03. The summed E-state index contributed by atoms with van der Waals surface area (Å²) in [5.41, 5.74) is 0.706. The lowest BCUT2D eigenvalue weighted by Crippen LogP contribution is -2.37. The van der Waals surface area contributed by atoms with Gasteiger partial charge in [0.15, 0.2) is 0 Å². The van der Waals surface area contributed by atoms with Crippen LogP contribution in [0.2, 0.25) is 5.02 Å². The zero-order valence-corrected chi connectivity index (χ0v) is 12.2. The van der Waals surface area contributed by atoms with Crippen molar-refractivity contribution in [3.8, 4) is 0 Å². The first-order valence-electron chi connectivity index (χ1n) is 7.06. The molecular weight excluding hydrogens is 263 g/mol. The van der Waals surface area contributed by atoms with Crippen molar-refractivity contribution in [3.05, 3.63) is 34.6 Å². The van der Waals surface area contributed by atoms with Crippen LogP contribution < -0.4 is 5.32 Å². The van der Waals surface area contributed by atoms with E-state index in [0.717, 1.165) is 32.1 Å². The van der Waals surface area contributed by atoms with E-state index in [2.05, 4.69) is 17.1 Å². The molecule has 0 unspecified atom stereocenters. The maximum Gasteiger partial charge on any atom is 0.127 e. The van der Waals surface area contributed by atoms with Crippen molar-refractivity contribution in [1.29, 1.82) is 0 Å². The van der Waals surface area contributed by atoms with Crippen LogP contribution in [0.1, 0.15) is 25.3 Å². The Labute approximate surface area is 119 Å². The van der Waals surface area contributed by atoms with E-state index in [1.807, 2.05) is 0 Å². The number of likely N-dealkylation sites (tertiary alicyclic amines) is 1. The van der Waals surface area contributed by atoms with E-state index in [4.69, 9.17) is 11.6 Å². The molecule has 2 rings (SSSR count). The molecule has 0 atom stereocenters. The van der Waals surface area contributed by atoms with Crippen LogP contribution in [-0.2, 0) is 6.54 Å². The molecule has 0 radical (unpaired) electrons. The second-order valence-electron chi connectivity index (χ2n) is 5.26. The van der Waals surface area contributed by atoms with Crippen LogP contribution in [0.5, 0.6) is 0 Å². The van der Waals surface area contributed by atoms with Gasteiger partial charge in [0, 0.05) is 17.1 Å². The van der Waals surface area contributed by atoms with Crippen LogP contribution in [0.15, 0.2) is 18.2 Å². The van der Waals surface area contributed by atoms with Crippen LogP contribution in [0.3, 0.4) is 0 Å². The molecule has 0 spiro atoms. The van der Waals surface area contributed by atoms with Gasteiger partial charge in [-0.15, -0.1) is 0 Å². The SMILES string of the molecule is CCNCC1CCN(Cc2cc(Cl)ccc2F)CC1. The third-order valence-corrected chi connectivity index (χ3v) is 4.03. The quantitative estimate of drug-likeness (QED) is 0.892. The summed E-state index contributed by atoms with van der Waals surface area (Å²) in [5, 5.41) is 4.01. The maximum absolute atomic E-state index is 13.7. The molecule has 1 saturated heterocycles. The van der Waals surface area contributed by atoms with Gasteiger partial charge in [-0.1, -0.05) is 18.5 Å². The van der Waals surface area contributed by atoms with Crippen LogP contribution in [0, 0.1) is 11.7 Å². The normalized spacial score (nSPS) is 17.8. The van der Waals surface area contributed by atoms with E-state index in [1.165, 1.54) is 18.9 Å². The first kappa shape index (κ1) is 14.8. The highest BCUT2D eigenvalue weighted by atomic mass is 35.5. The van der Waals surface area contributed by atoms with Crippen molar-refractivity contribution >= 4 is 11.6 Å². The summed E-state index contributed by atoms with van der Waals surface area (Å²) < 4.78 is 13.7. The average Bonchev–Trinajstić information content (AvgIpc) is 2.42. The second-order valence-corrected chi connectivity index (χ2v) is 5.70. The third-order valence-electron chi connectivity index (χ3n) is 3.79. The lowest BCUT2D eigenvalue weighted by Gasteiger charge is -2.32. The Morgan fingerprint density at radius 2 is 2.11 bits per heavy atom. The van der Waals surface area contributed by atoms with Crippen molar-refractivity contribution in [2.75, 3.05) is 26.2 Å². The molecule has 106 valence electrons. The smallest absolute Gasteiger partial charge is 0.127 e. The lowest BCUT2D eigenvalue weighted by atomic mass is 9.96. The Morgan fingerprint density at radius 1 is 1.37 bits per heavy atom. The van der Waals surface area contributed by atoms with Gasteiger partial charge < -0.3 is 5.32 Å². The molecule has 1 heterocycles. The zero-order valence-electron chi connectivity index (χ0n) is 11.5. The number of benzene rings is 1. The monoisotopic (exact) mass is 284 g/mol. The van der Waals surface area contributed by atoms with E-state index in [-0.39, 0.29) is 5.82 Å². The van der Waals surface area contributed by atoms with E-state index in [9.17, 15) is 4.39 Å². The van der Waals surface area contributed by atoms with E-state index in [1.54, 1.807) is 12.1 Å². The molecule has 0 amide bonds. The third kappa shape index (κ3) is 4.44. The highest BCUT2D eigenvalue weighted by Crippen LogP contribution is 2.21. The fourth-order valence-corrected chi connectivity index (χ4v) is 2.80. The first-order valence-corrected chi connectivity index (χ1v) is 7.44. The molecule has 1 aliphatic rings. The minimum absolute atomic E-state index is 0.154. The number of hydrogen-bond acceptors (Lipinski definition) is 2. The maximum atomic E-state index is 13.7. The summed E-state index contributed by atoms with van der Waals surface area (Å²) in [6, 6.07) is 4.79. The Hall–Kier alpha value is -0.640. The van der Waals surface area contributed by atoms with Gasteiger partial charge in [0.1, 0.15) is 5.82 Å². The number of rotatable bonds is 5. The minimum atomic E-state index is -0.154. The highest BCUT2D eigenvalue weighted by Gasteiger charge is 2.19. The number of halogens is 2. The topological polar surface area (TPSA) is 15.3 Å². The molecule has 1 N–H and O–H groups in total. The Morgan fingerprint density at radius 3 is 2.79 bits per heavy atom. The first-order chi connectivity index (χ1) is 9.19. The van der Waals surface area contributed by atoms with Crippen LogP contribution >= 0.6 is 11.6 Å². The molecule has 4 heteroatoms. The Balaban J connectivity index is 1.83. The molecule has 0 bridgehead atoms. The minimum Gasteiger partial charge on any atom is -0.317 e. The van der Waals surface area contributed by atoms with Crippen LogP contribution in [0.25, 0.3) is 0 Å². The van der Waals surface area contributed by atoms with Gasteiger partial charge in [0.25, 0.3) is 0 Å². The lowest BCUT2D eigenvalue weighted by molar-refractivity contribution is 0.174. The average molecular weight is 285 g/mol. The fourth-order valence-electron chi connectivity index (χ4n) is 2.60. The van der Waals surface area contributed by atoms with Crippen molar-refractivity contribution in [2.24, 2.45) is 5.92 Å². The molecule has 19 heavy (non-hydrogen) atoms. The van der Waals surface area contributed by atoms with Gasteiger partial charge in [-0.2, -0.15) is 0 Å². The summed E-state index contributed by atoms with van der Waals surface area (Å²) in [4.78, 5) is 2.32. The van der Waals surface area contributed by atoms with Crippen molar-refractivity contribution in [1.82, 2.24) is 10.2 Å². The molecule has 1 aliphatic heterocycles. The van der Waals surface area contributed by atoms with Gasteiger partial charge in [-0.3, -0.25) is 4.90 Å². The van der Waals surface area contributed by atoms with Gasteiger partial charge in [0.05, 0.1) is 0 Å². The van der Waals surface area contributed by atoms with E-state index >= 15 is 0 Å². The number of piperidine rings is 1. The molecule has 2 nitrogen and oxygen atoms in total. The fraction of sp³-hybridized carbons (Fsp3) is 0.600. The summed E-state index contributed by atoms with van der Waals surface area (Å²) >= 11 is 5.92. The Bertz CT molecular complexity index is 403. The van der Waals surface area contributed by atoms with E-state index < -0.39 is 0 Å². The van der Waals surface area contributed by atoms with Gasteiger partial charge in [-0.25, -0.2) is 4.39 Å². The molecule has 1 fully saturated rings. The van der Waals surface area contributed by atoms with Crippen molar-refractivity contribution < 1.29 is 4.39 Å².